The monoisotopic (exact) mass is 293 g/mol. The van der Waals surface area contributed by atoms with Gasteiger partial charge in [-0.3, -0.25) is 4.79 Å². The molecule has 0 saturated carbocycles. The van der Waals surface area contributed by atoms with Crippen LogP contribution in [0.5, 0.6) is 6.01 Å². The first kappa shape index (κ1) is 15.2. The van der Waals surface area contributed by atoms with E-state index in [9.17, 15) is 13.2 Å². The summed E-state index contributed by atoms with van der Waals surface area (Å²) in [4.78, 5) is 14.6. The van der Waals surface area contributed by atoms with Crippen molar-refractivity contribution in [1.29, 1.82) is 0 Å². The zero-order valence-electron chi connectivity index (χ0n) is 10.7. The van der Waals surface area contributed by atoms with Gasteiger partial charge in [-0.15, -0.1) is 5.10 Å². The molecule has 0 saturated heterocycles. The van der Waals surface area contributed by atoms with E-state index in [0.717, 1.165) is 4.31 Å². The van der Waals surface area contributed by atoms with Gasteiger partial charge in [0.25, 0.3) is 0 Å². The molecule has 1 rings (SSSR count). The number of anilines is 1. The van der Waals surface area contributed by atoms with Gasteiger partial charge in [0.1, 0.15) is 0 Å². The molecule has 0 aliphatic rings. The number of H-pyrrole nitrogens is 1. The Kier molecular flexibility index (Phi) is 5.06. The van der Waals surface area contributed by atoms with Crippen LogP contribution in [0.4, 0.5) is 5.95 Å². The Morgan fingerprint density at radius 2 is 2.16 bits per heavy atom. The highest BCUT2D eigenvalue weighted by Crippen LogP contribution is 2.08. The highest BCUT2D eigenvalue weighted by molar-refractivity contribution is 7.90. The number of methoxy groups -OCH3 is 2. The molecule has 2 N–H and O–H groups in total. The Morgan fingerprint density at radius 1 is 1.47 bits per heavy atom. The van der Waals surface area contributed by atoms with Crippen molar-refractivity contribution in [3.8, 4) is 6.01 Å². The number of aromatic amines is 1. The summed E-state index contributed by atoms with van der Waals surface area (Å²) in [6, 6.07) is 0.00918. The van der Waals surface area contributed by atoms with Crippen LogP contribution in [0.3, 0.4) is 0 Å². The molecule has 0 bridgehead atoms. The summed E-state index contributed by atoms with van der Waals surface area (Å²) < 4.78 is 35.9. The first-order chi connectivity index (χ1) is 8.89. The molecule has 0 aliphatic heterocycles. The Balaban J connectivity index is 2.61. The van der Waals surface area contributed by atoms with Crippen molar-refractivity contribution in [2.24, 2.45) is 0 Å². The molecule has 10 nitrogen and oxygen atoms in total. The van der Waals surface area contributed by atoms with Gasteiger partial charge in [0.15, 0.2) is 0 Å². The van der Waals surface area contributed by atoms with Gasteiger partial charge in [0.2, 0.25) is 5.95 Å². The minimum absolute atomic E-state index is 0.00918. The van der Waals surface area contributed by atoms with Gasteiger partial charge in [0.05, 0.1) is 20.6 Å². The van der Waals surface area contributed by atoms with Crippen LogP contribution in [0.25, 0.3) is 0 Å². The number of nitrogens with one attached hydrogen (secondary N) is 2. The van der Waals surface area contributed by atoms with E-state index >= 15 is 0 Å². The fourth-order valence-electron chi connectivity index (χ4n) is 1.05. The number of carbonyl (C=O) groups excluding carboxylic acids is 1. The number of ether oxygens (including phenoxy) is 2. The lowest BCUT2D eigenvalue weighted by Crippen LogP contribution is -2.34. The van der Waals surface area contributed by atoms with Gasteiger partial charge >= 0.3 is 22.2 Å². The summed E-state index contributed by atoms with van der Waals surface area (Å²) in [6.07, 6.45) is -0.0480. The Bertz CT molecular complexity index is 527. The third kappa shape index (κ3) is 4.37. The van der Waals surface area contributed by atoms with E-state index in [-0.39, 0.29) is 24.9 Å². The minimum atomic E-state index is -3.83. The average molecular weight is 293 g/mol. The molecule has 0 aliphatic carbocycles. The molecule has 108 valence electrons. The quantitative estimate of drug-likeness (QED) is 0.615. The molecule has 0 spiro atoms. The van der Waals surface area contributed by atoms with Crippen molar-refractivity contribution in [2.45, 2.75) is 6.42 Å². The van der Waals surface area contributed by atoms with Crippen LogP contribution in [-0.2, 0) is 19.7 Å². The molecule has 0 amide bonds. The van der Waals surface area contributed by atoms with Crippen molar-refractivity contribution >= 4 is 22.1 Å². The molecule has 0 atom stereocenters. The number of hydrogen-bond acceptors (Lipinski definition) is 7. The number of nitrogens with zero attached hydrogens (tertiary/aromatic N) is 3. The fourth-order valence-corrected chi connectivity index (χ4v) is 1.88. The van der Waals surface area contributed by atoms with E-state index in [1.54, 1.807) is 0 Å². The summed E-state index contributed by atoms with van der Waals surface area (Å²) in [5, 5.41) is 5.94. The normalized spacial score (nSPS) is 11.4. The maximum absolute atomic E-state index is 11.8. The molecule has 0 unspecified atom stereocenters. The second kappa shape index (κ2) is 6.33. The van der Waals surface area contributed by atoms with E-state index in [1.807, 2.05) is 0 Å². The molecule has 0 aromatic carbocycles. The van der Waals surface area contributed by atoms with E-state index in [1.165, 1.54) is 21.3 Å². The lowest BCUT2D eigenvalue weighted by atomic mass is 10.4. The molecule has 1 aromatic rings. The van der Waals surface area contributed by atoms with Crippen molar-refractivity contribution in [3.63, 3.8) is 0 Å². The molecule has 0 fully saturated rings. The van der Waals surface area contributed by atoms with Gasteiger partial charge in [-0.1, -0.05) is 0 Å². The highest BCUT2D eigenvalue weighted by atomic mass is 32.2. The van der Waals surface area contributed by atoms with Crippen LogP contribution in [-0.4, -0.2) is 61.7 Å². The van der Waals surface area contributed by atoms with Gasteiger partial charge in [-0.25, -0.2) is 9.82 Å². The Labute approximate surface area is 110 Å². The lowest BCUT2D eigenvalue weighted by Gasteiger charge is -2.16. The summed E-state index contributed by atoms with van der Waals surface area (Å²) in [6.45, 7) is -0.0206. The summed E-state index contributed by atoms with van der Waals surface area (Å²) >= 11 is 0. The molecule has 11 heteroatoms. The zero-order valence-corrected chi connectivity index (χ0v) is 11.5. The molecular weight excluding hydrogens is 278 g/mol. The standard InChI is InChI=1S/C8H15N5O5S/c1-13(5-4-6(14)17-2)19(15,16)12-7-9-8(18-3)11-10-7/h4-5H2,1-3H3,(H2,9,10,11,12). The third-order valence-electron chi connectivity index (χ3n) is 2.14. The smallest absolute Gasteiger partial charge is 0.336 e. The van der Waals surface area contributed by atoms with Crippen molar-refractivity contribution in [2.75, 3.05) is 32.5 Å². The van der Waals surface area contributed by atoms with Crippen LogP contribution >= 0.6 is 0 Å². The number of carbonyl (C=O) groups is 1. The minimum Gasteiger partial charge on any atom is -0.469 e. The maximum Gasteiger partial charge on any atom is 0.336 e. The predicted molar refractivity (Wildman–Crippen MR) is 64.7 cm³/mol. The van der Waals surface area contributed by atoms with Gasteiger partial charge in [-0.2, -0.15) is 17.7 Å². The number of hydrogen-bond donors (Lipinski definition) is 2. The first-order valence-corrected chi connectivity index (χ1v) is 6.60. The third-order valence-corrected chi connectivity index (χ3v) is 3.60. The van der Waals surface area contributed by atoms with E-state index in [2.05, 4.69) is 24.6 Å². The van der Waals surface area contributed by atoms with Crippen molar-refractivity contribution < 1.29 is 22.7 Å². The van der Waals surface area contributed by atoms with E-state index in [0.29, 0.717) is 0 Å². The van der Waals surface area contributed by atoms with Gasteiger partial charge in [-0.05, 0) is 0 Å². The largest absolute Gasteiger partial charge is 0.469 e. The van der Waals surface area contributed by atoms with Crippen molar-refractivity contribution in [1.82, 2.24) is 19.5 Å². The lowest BCUT2D eigenvalue weighted by molar-refractivity contribution is -0.140. The number of aromatic nitrogens is 3. The number of rotatable bonds is 7. The maximum atomic E-state index is 11.8. The van der Waals surface area contributed by atoms with Crippen LogP contribution in [0.1, 0.15) is 6.42 Å². The van der Waals surface area contributed by atoms with E-state index < -0.39 is 16.2 Å². The van der Waals surface area contributed by atoms with Crippen molar-refractivity contribution in [3.05, 3.63) is 0 Å². The molecular formula is C8H15N5O5S. The topological polar surface area (TPSA) is 127 Å². The van der Waals surface area contributed by atoms with Crippen LogP contribution in [0, 0.1) is 0 Å². The van der Waals surface area contributed by atoms with Crippen LogP contribution < -0.4 is 9.46 Å². The van der Waals surface area contributed by atoms with E-state index in [4.69, 9.17) is 4.74 Å². The Morgan fingerprint density at radius 3 is 2.68 bits per heavy atom. The fraction of sp³-hybridized carbons (Fsp3) is 0.625. The highest BCUT2D eigenvalue weighted by Gasteiger charge is 2.20. The van der Waals surface area contributed by atoms with Crippen LogP contribution in [0.15, 0.2) is 0 Å². The molecule has 19 heavy (non-hydrogen) atoms. The second-order valence-corrected chi connectivity index (χ2v) is 5.20. The first-order valence-electron chi connectivity index (χ1n) is 5.16. The summed E-state index contributed by atoms with van der Waals surface area (Å²) in [5.41, 5.74) is 0. The second-order valence-electron chi connectivity index (χ2n) is 3.43. The summed E-state index contributed by atoms with van der Waals surface area (Å²) in [7, 11) is 0.0756. The predicted octanol–water partition coefficient (Wildman–Crippen LogP) is -1.04. The van der Waals surface area contributed by atoms with Gasteiger partial charge < -0.3 is 9.47 Å². The Hall–Kier alpha value is -1.88. The van der Waals surface area contributed by atoms with Crippen LogP contribution in [0.2, 0.25) is 0 Å². The van der Waals surface area contributed by atoms with Gasteiger partial charge in [0, 0.05) is 13.6 Å². The summed E-state index contributed by atoms with van der Waals surface area (Å²) in [5.74, 6) is -0.579. The molecule has 1 heterocycles. The molecule has 0 radical (unpaired) electrons. The SMILES string of the molecule is COC(=O)CCN(C)S(=O)(=O)Nc1nc(OC)n[nH]1. The zero-order chi connectivity index (χ0) is 14.5. The molecule has 1 aromatic heterocycles. The number of esters is 1. The average Bonchev–Trinajstić information content (AvgIpc) is 2.82.